The highest BCUT2D eigenvalue weighted by atomic mass is 19.3. The summed E-state index contributed by atoms with van der Waals surface area (Å²) in [6.07, 6.45) is 10.9. The monoisotopic (exact) mass is 370 g/mol. The molecule has 0 amide bonds. The molecule has 1 N–H and O–H groups in total. The number of ether oxygens (including phenoxy) is 1. The number of alkyl halides is 2. The number of hydrogen-bond donors (Lipinski definition) is 1. The summed E-state index contributed by atoms with van der Waals surface area (Å²) in [6.45, 7) is 2.94. The Hall–Kier alpha value is -1.39. The molecular weight excluding hydrogens is 338 g/mol. The Bertz CT molecular complexity index is 505. The number of carboxylic acids is 1. The zero-order valence-electron chi connectivity index (χ0n) is 15.8. The molecule has 26 heavy (non-hydrogen) atoms. The molecule has 0 aromatic heterocycles. The highest BCUT2D eigenvalue weighted by Crippen LogP contribution is 2.46. The fraction of sp³-hybridized carbons (Fsp3) is 0.762. The maximum Gasteiger partial charge on any atom is 0.309 e. The third-order valence-corrected chi connectivity index (χ3v) is 5.96. The predicted octanol–water partition coefficient (Wildman–Crippen LogP) is 5.96. The van der Waals surface area contributed by atoms with Gasteiger partial charge in [-0.1, -0.05) is 32.3 Å². The Morgan fingerprint density at radius 1 is 1.31 bits per heavy atom. The molecule has 0 aromatic carbocycles. The van der Waals surface area contributed by atoms with E-state index in [9.17, 15) is 18.7 Å². The van der Waals surface area contributed by atoms with Crippen LogP contribution in [-0.4, -0.2) is 24.1 Å². The van der Waals surface area contributed by atoms with Crippen molar-refractivity contribution in [1.29, 1.82) is 0 Å². The van der Waals surface area contributed by atoms with E-state index in [4.69, 9.17) is 4.74 Å². The first kappa shape index (κ1) is 20.9. The molecule has 3 nitrogen and oxygen atoms in total. The highest BCUT2D eigenvalue weighted by Gasteiger charge is 2.44. The summed E-state index contributed by atoms with van der Waals surface area (Å²) < 4.78 is 31.4. The molecule has 2 aliphatic carbocycles. The van der Waals surface area contributed by atoms with Crippen molar-refractivity contribution >= 4 is 5.97 Å². The first-order chi connectivity index (χ1) is 12.5. The first-order valence-corrected chi connectivity index (χ1v) is 9.99. The lowest BCUT2D eigenvalue weighted by atomic mass is 9.65. The van der Waals surface area contributed by atoms with Crippen molar-refractivity contribution in [3.05, 3.63) is 24.0 Å². The van der Waals surface area contributed by atoms with Crippen LogP contribution in [0.5, 0.6) is 0 Å². The van der Waals surface area contributed by atoms with Gasteiger partial charge in [0.1, 0.15) is 5.76 Å². The van der Waals surface area contributed by atoms with Gasteiger partial charge in [-0.05, 0) is 62.5 Å². The molecule has 0 heterocycles. The van der Waals surface area contributed by atoms with Crippen LogP contribution in [0.15, 0.2) is 24.0 Å². The molecule has 5 heteroatoms. The maximum absolute atomic E-state index is 12.8. The van der Waals surface area contributed by atoms with Crippen molar-refractivity contribution in [2.24, 2.45) is 17.3 Å². The number of rotatable bonds is 10. The number of carbonyl (C=O) groups is 1. The average Bonchev–Trinajstić information content (AvgIpc) is 2.62. The second-order valence-corrected chi connectivity index (χ2v) is 7.79. The van der Waals surface area contributed by atoms with Gasteiger partial charge in [0.2, 0.25) is 6.43 Å². The molecule has 0 saturated heterocycles. The summed E-state index contributed by atoms with van der Waals surface area (Å²) >= 11 is 0. The number of unbranched alkanes of at least 4 members (excludes halogenated alkanes) is 3. The summed E-state index contributed by atoms with van der Waals surface area (Å²) in [6, 6.07) is 0. The third-order valence-electron chi connectivity index (χ3n) is 5.96. The van der Waals surface area contributed by atoms with Gasteiger partial charge in [0, 0.05) is 6.42 Å². The van der Waals surface area contributed by atoms with Crippen molar-refractivity contribution in [1.82, 2.24) is 0 Å². The van der Waals surface area contributed by atoms with E-state index in [-0.39, 0.29) is 0 Å². The van der Waals surface area contributed by atoms with Crippen LogP contribution in [0.1, 0.15) is 71.1 Å². The first-order valence-electron chi connectivity index (χ1n) is 9.99. The van der Waals surface area contributed by atoms with Gasteiger partial charge in [-0.2, -0.15) is 0 Å². The van der Waals surface area contributed by atoms with E-state index in [1.807, 2.05) is 6.08 Å². The minimum Gasteiger partial charge on any atom is -0.494 e. The Balaban J connectivity index is 1.77. The highest BCUT2D eigenvalue weighted by molar-refractivity contribution is 5.74. The number of halogens is 2. The molecule has 0 radical (unpaired) electrons. The Morgan fingerprint density at radius 2 is 2.04 bits per heavy atom. The van der Waals surface area contributed by atoms with E-state index in [1.54, 1.807) is 0 Å². The van der Waals surface area contributed by atoms with Crippen molar-refractivity contribution in [3.8, 4) is 0 Å². The molecule has 0 bridgehead atoms. The van der Waals surface area contributed by atoms with Gasteiger partial charge in [-0.15, -0.1) is 0 Å². The molecular formula is C21H32F2O3. The topological polar surface area (TPSA) is 46.5 Å². The minimum absolute atomic E-state index is 0.353. The summed E-state index contributed by atoms with van der Waals surface area (Å²) in [5.74, 6) is 0.597. The van der Waals surface area contributed by atoms with E-state index in [0.717, 1.165) is 25.2 Å². The van der Waals surface area contributed by atoms with Gasteiger partial charge in [0.15, 0.2) is 0 Å². The van der Waals surface area contributed by atoms with Crippen LogP contribution >= 0.6 is 0 Å². The Morgan fingerprint density at radius 3 is 2.58 bits per heavy atom. The molecule has 0 aliphatic heterocycles. The number of carboxylic acid groups (broad SMARTS) is 1. The Kier molecular flexibility index (Phi) is 8.11. The molecule has 1 fully saturated rings. The van der Waals surface area contributed by atoms with Crippen LogP contribution in [0, 0.1) is 17.3 Å². The summed E-state index contributed by atoms with van der Waals surface area (Å²) in [5.41, 5.74) is -1.23. The minimum atomic E-state index is -2.56. The third kappa shape index (κ3) is 5.82. The van der Waals surface area contributed by atoms with E-state index in [1.165, 1.54) is 19.3 Å². The van der Waals surface area contributed by atoms with Crippen LogP contribution < -0.4 is 0 Å². The van der Waals surface area contributed by atoms with Crippen LogP contribution in [0.25, 0.3) is 0 Å². The van der Waals surface area contributed by atoms with Gasteiger partial charge >= 0.3 is 5.97 Å². The number of aliphatic carboxylic acids is 1. The zero-order chi connectivity index (χ0) is 19.0. The largest absolute Gasteiger partial charge is 0.494 e. The zero-order valence-corrected chi connectivity index (χ0v) is 15.8. The quantitative estimate of drug-likeness (QED) is 0.483. The smallest absolute Gasteiger partial charge is 0.309 e. The molecule has 0 aromatic rings. The van der Waals surface area contributed by atoms with Gasteiger partial charge in [0.25, 0.3) is 0 Å². The van der Waals surface area contributed by atoms with Crippen molar-refractivity contribution in [2.75, 3.05) is 6.61 Å². The molecule has 1 atom stereocenters. The lowest BCUT2D eigenvalue weighted by molar-refractivity contribution is -0.155. The maximum atomic E-state index is 12.8. The number of allylic oxidation sites excluding steroid dienone is 3. The summed E-state index contributed by atoms with van der Waals surface area (Å²) in [4.78, 5) is 11.5. The lowest BCUT2D eigenvalue weighted by Gasteiger charge is -2.39. The number of hydrogen-bond acceptors (Lipinski definition) is 2. The predicted molar refractivity (Wildman–Crippen MR) is 98.1 cm³/mol. The fourth-order valence-electron chi connectivity index (χ4n) is 4.21. The van der Waals surface area contributed by atoms with Crippen LogP contribution in [0.4, 0.5) is 8.78 Å². The van der Waals surface area contributed by atoms with Crippen LogP contribution in [-0.2, 0) is 9.53 Å². The molecule has 148 valence electrons. The van der Waals surface area contributed by atoms with E-state index >= 15 is 0 Å². The summed E-state index contributed by atoms with van der Waals surface area (Å²) in [7, 11) is 0. The SMILES string of the molecule is CCCCCCOC1=CCC([C@H]2CC[C@](CC(F)F)(C(=O)O)CC2)C=C1. The Labute approximate surface area is 155 Å². The van der Waals surface area contributed by atoms with E-state index in [2.05, 4.69) is 19.1 Å². The van der Waals surface area contributed by atoms with Gasteiger partial charge in [-0.3, -0.25) is 4.79 Å². The standard InChI is InChI=1S/C21H32F2O3/c1-2-3-4-5-14-26-18-8-6-16(7-9-18)17-10-12-21(13-11-17,20(24)25)15-19(22)23/h6,8-9,16-17,19H,2-5,7,10-15H2,1H3,(H,24,25)/t16?,17-,21-. The van der Waals surface area contributed by atoms with E-state index in [0.29, 0.717) is 37.5 Å². The van der Waals surface area contributed by atoms with Crippen molar-refractivity contribution in [2.45, 2.75) is 77.6 Å². The normalized spacial score (nSPS) is 28.8. The average molecular weight is 370 g/mol. The second-order valence-electron chi connectivity index (χ2n) is 7.79. The van der Waals surface area contributed by atoms with Crippen LogP contribution in [0.3, 0.4) is 0 Å². The molecule has 1 unspecified atom stereocenters. The molecule has 1 saturated carbocycles. The van der Waals surface area contributed by atoms with Crippen molar-refractivity contribution < 1.29 is 23.4 Å². The summed E-state index contributed by atoms with van der Waals surface area (Å²) in [5, 5.41) is 9.43. The van der Waals surface area contributed by atoms with Crippen molar-refractivity contribution in [3.63, 3.8) is 0 Å². The lowest BCUT2D eigenvalue weighted by Crippen LogP contribution is -2.38. The fourth-order valence-corrected chi connectivity index (χ4v) is 4.21. The van der Waals surface area contributed by atoms with Gasteiger partial charge < -0.3 is 9.84 Å². The molecule has 0 spiro atoms. The van der Waals surface area contributed by atoms with Gasteiger partial charge in [0.05, 0.1) is 12.0 Å². The van der Waals surface area contributed by atoms with Gasteiger partial charge in [-0.25, -0.2) is 8.78 Å². The second kappa shape index (κ2) is 10.1. The molecule has 2 aliphatic rings. The van der Waals surface area contributed by atoms with Crippen LogP contribution in [0.2, 0.25) is 0 Å². The van der Waals surface area contributed by atoms with E-state index < -0.39 is 24.2 Å². The molecule has 2 rings (SSSR count).